The van der Waals surface area contributed by atoms with Gasteiger partial charge in [-0.25, -0.2) is 4.98 Å². The molecule has 1 aromatic heterocycles. The van der Waals surface area contributed by atoms with Crippen LogP contribution >= 0.6 is 0 Å². The fourth-order valence-electron chi connectivity index (χ4n) is 2.75. The van der Waals surface area contributed by atoms with Crippen LogP contribution in [0.2, 0.25) is 0 Å². The number of hydrogen-bond acceptors (Lipinski definition) is 3. The van der Waals surface area contributed by atoms with Crippen LogP contribution in [-0.2, 0) is 12.8 Å². The molecule has 3 nitrogen and oxygen atoms in total. The van der Waals surface area contributed by atoms with Crippen LogP contribution in [0.15, 0.2) is 42.6 Å². The molecule has 1 aliphatic rings. The van der Waals surface area contributed by atoms with Crippen LogP contribution in [0.3, 0.4) is 0 Å². The van der Waals surface area contributed by atoms with Crippen LogP contribution in [0.4, 0.5) is 5.82 Å². The normalized spacial score (nSPS) is 16.4. The molecule has 2 N–H and O–H groups in total. The molecule has 0 saturated heterocycles. The summed E-state index contributed by atoms with van der Waals surface area (Å²) >= 11 is 0. The van der Waals surface area contributed by atoms with Crippen LogP contribution in [0.25, 0.3) is 0 Å². The number of rotatable bonds is 2. The van der Waals surface area contributed by atoms with Crippen LogP contribution < -0.4 is 10.6 Å². The summed E-state index contributed by atoms with van der Waals surface area (Å²) in [5, 5.41) is 0. The first kappa shape index (κ1) is 13.1. The molecular formula is C17H21N3. The van der Waals surface area contributed by atoms with Gasteiger partial charge < -0.3 is 10.6 Å². The first-order chi connectivity index (χ1) is 9.74. The van der Waals surface area contributed by atoms with Crippen LogP contribution in [0.5, 0.6) is 0 Å². The molecule has 0 radical (unpaired) electrons. The van der Waals surface area contributed by atoms with Gasteiger partial charge in [-0.3, -0.25) is 0 Å². The lowest BCUT2D eigenvalue weighted by Gasteiger charge is -2.21. The van der Waals surface area contributed by atoms with E-state index >= 15 is 0 Å². The lowest BCUT2D eigenvalue weighted by atomic mass is 10.0. The highest BCUT2D eigenvalue weighted by molar-refractivity contribution is 5.42. The molecule has 1 atom stereocenters. The zero-order chi connectivity index (χ0) is 13.9. The highest BCUT2D eigenvalue weighted by Gasteiger charge is 2.14. The van der Waals surface area contributed by atoms with Gasteiger partial charge in [0.05, 0.1) is 0 Å². The summed E-state index contributed by atoms with van der Waals surface area (Å²) in [5.74, 6) is 1.06. The molecule has 0 aliphatic carbocycles. The highest BCUT2D eigenvalue weighted by atomic mass is 15.2. The number of anilines is 1. The summed E-state index contributed by atoms with van der Waals surface area (Å²) in [7, 11) is 0. The van der Waals surface area contributed by atoms with Crippen molar-refractivity contribution in [1.82, 2.24) is 4.98 Å². The van der Waals surface area contributed by atoms with Gasteiger partial charge in [-0.15, -0.1) is 0 Å². The zero-order valence-electron chi connectivity index (χ0n) is 11.9. The van der Waals surface area contributed by atoms with Crippen molar-refractivity contribution in [3.05, 3.63) is 59.3 Å². The molecule has 1 aromatic carbocycles. The fraction of sp³-hybridized carbons (Fsp3) is 0.353. The van der Waals surface area contributed by atoms with Crippen molar-refractivity contribution in [2.24, 2.45) is 5.73 Å². The van der Waals surface area contributed by atoms with Gasteiger partial charge in [-0.1, -0.05) is 30.3 Å². The van der Waals surface area contributed by atoms with Crippen molar-refractivity contribution in [2.75, 3.05) is 18.0 Å². The second-order valence-corrected chi connectivity index (χ2v) is 5.49. The summed E-state index contributed by atoms with van der Waals surface area (Å²) < 4.78 is 0. The number of pyridine rings is 1. The third kappa shape index (κ3) is 2.68. The molecule has 2 heterocycles. The second kappa shape index (κ2) is 5.63. The molecule has 3 heteroatoms. The second-order valence-electron chi connectivity index (χ2n) is 5.49. The maximum Gasteiger partial charge on any atom is 0.128 e. The third-order valence-electron chi connectivity index (χ3n) is 4.04. The molecule has 0 bridgehead atoms. The zero-order valence-corrected chi connectivity index (χ0v) is 11.9. The van der Waals surface area contributed by atoms with E-state index in [0.29, 0.717) is 0 Å². The molecule has 1 aliphatic heterocycles. The third-order valence-corrected chi connectivity index (χ3v) is 4.04. The van der Waals surface area contributed by atoms with Gasteiger partial charge in [-0.05, 0) is 42.5 Å². The Morgan fingerprint density at radius 1 is 1.05 bits per heavy atom. The van der Waals surface area contributed by atoms with Gasteiger partial charge in [0.25, 0.3) is 0 Å². The van der Waals surface area contributed by atoms with E-state index in [9.17, 15) is 0 Å². The molecule has 0 unspecified atom stereocenters. The Balaban J connectivity index is 1.76. The highest BCUT2D eigenvalue weighted by Crippen LogP contribution is 2.20. The molecule has 0 saturated carbocycles. The van der Waals surface area contributed by atoms with Crippen molar-refractivity contribution >= 4 is 5.82 Å². The Hall–Kier alpha value is -1.87. The largest absolute Gasteiger partial charge is 0.356 e. The minimum atomic E-state index is 0.0462. The standard InChI is InChI=1S/C17H21N3/c1-13(18)16-6-7-17(19-12-16)20-10-8-14-4-2-3-5-15(14)9-11-20/h2-7,12-13H,8-11,18H2,1H3/t13-/m0/s1. The van der Waals surface area contributed by atoms with E-state index in [0.717, 1.165) is 37.3 Å². The van der Waals surface area contributed by atoms with E-state index in [4.69, 9.17) is 5.73 Å². The minimum absolute atomic E-state index is 0.0462. The average Bonchev–Trinajstić information content (AvgIpc) is 2.70. The van der Waals surface area contributed by atoms with Crippen LogP contribution in [0.1, 0.15) is 29.7 Å². The average molecular weight is 267 g/mol. The summed E-state index contributed by atoms with van der Waals surface area (Å²) in [4.78, 5) is 6.94. The smallest absolute Gasteiger partial charge is 0.128 e. The summed E-state index contributed by atoms with van der Waals surface area (Å²) in [5.41, 5.74) is 9.91. The Bertz CT molecular complexity index is 548. The Morgan fingerprint density at radius 2 is 1.70 bits per heavy atom. The molecule has 0 amide bonds. The van der Waals surface area contributed by atoms with Crippen LogP contribution in [0, 0.1) is 0 Å². The maximum atomic E-state index is 5.87. The van der Waals surface area contributed by atoms with E-state index in [-0.39, 0.29) is 6.04 Å². The number of benzene rings is 1. The topological polar surface area (TPSA) is 42.1 Å². The van der Waals surface area contributed by atoms with Crippen molar-refractivity contribution in [3.63, 3.8) is 0 Å². The van der Waals surface area contributed by atoms with Crippen molar-refractivity contribution in [3.8, 4) is 0 Å². The Labute approximate surface area is 120 Å². The summed E-state index contributed by atoms with van der Waals surface area (Å²) in [6.45, 7) is 4.04. The predicted octanol–water partition coefficient (Wildman–Crippen LogP) is 2.71. The maximum absolute atomic E-state index is 5.87. The van der Waals surface area contributed by atoms with Gasteiger partial charge in [-0.2, -0.15) is 0 Å². The van der Waals surface area contributed by atoms with E-state index in [1.807, 2.05) is 13.1 Å². The lowest BCUT2D eigenvalue weighted by Crippen LogP contribution is -2.26. The quantitative estimate of drug-likeness (QED) is 0.909. The fourth-order valence-corrected chi connectivity index (χ4v) is 2.75. The number of hydrogen-bond donors (Lipinski definition) is 1. The molecule has 20 heavy (non-hydrogen) atoms. The number of aromatic nitrogens is 1. The van der Waals surface area contributed by atoms with Gasteiger partial charge in [0, 0.05) is 25.3 Å². The monoisotopic (exact) mass is 267 g/mol. The van der Waals surface area contributed by atoms with Gasteiger partial charge in [0.1, 0.15) is 5.82 Å². The molecule has 3 rings (SSSR count). The van der Waals surface area contributed by atoms with E-state index in [1.54, 1.807) is 0 Å². The predicted molar refractivity (Wildman–Crippen MR) is 82.9 cm³/mol. The molecule has 2 aromatic rings. The van der Waals surface area contributed by atoms with Gasteiger partial charge in [0.15, 0.2) is 0 Å². The Kier molecular flexibility index (Phi) is 3.70. The van der Waals surface area contributed by atoms with E-state index in [1.165, 1.54) is 11.1 Å². The van der Waals surface area contributed by atoms with Gasteiger partial charge >= 0.3 is 0 Å². The van der Waals surface area contributed by atoms with Gasteiger partial charge in [0.2, 0.25) is 0 Å². The van der Waals surface area contributed by atoms with Crippen molar-refractivity contribution in [2.45, 2.75) is 25.8 Å². The minimum Gasteiger partial charge on any atom is -0.356 e. The molecule has 104 valence electrons. The first-order valence-corrected chi connectivity index (χ1v) is 7.27. The molecule has 0 fully saturated rings. The molecule has 0 spiro atoms. The number of fused-ring (bicyclic) bond motifs is 1. The van der Waals surface area contributed by atoms with Crippen molar-refractivity contribution < 1.29 is 0 Å². The van der Waals surface area contributed by atoms with E-state index < -0.39 is 0 Å². The van der Waals surface area contributed by atoms with E-state index in [2.05, 4.69) is 46.3 Å². The Morgan fingerprint density at radius 3 is 2.20 bits per heavy atom. The van der Waals surface area contributed by atoms with Crippen molar-refractivity contribution in [1.29, 1.82) is 0 Å². The lowest BCUT2D eigenvalue weighted by molar-refractivity contribution is 0.779. The number of nitrogens with zero attached hydrogens (tertiary/aromatic N) is 2. The van der Waals surface area contributed by atoms with Crippen LogP contribution in [-0.4, -0.2) is 18.1 Å². The number of nitrogens with two attached hydrogens (primary N) is 1. The molecular weight excluding hydrogens is 246 g/mol. The first-order valence-electron chi connectivity index (χ1n) is 7.27. The SMILES string of the molecule is C[C@H](N)c1ccc(N2CCc3ccccc3CC2)nc1. The summed E-state index contributed by atoms with van der Waals surface area (Å²) in [6.07, 6.45) is 4.08. The summed E-state index contributed by atoms with van der Waals surface area (Å²) in [6, 6.07) is 13.0.